The highest BCUT2D eigenvalue weighted by molar-refractivity contribution is 5.97. The van der Waals surface area contributed by atoms with Crippen molar-refractivity contribution < 1.29 is 9.59 Å². The zero-order valence-electron chi connectivity index (χ0n) is 23.0. The summed E-state index contributed by atoms with van der Waals surface area (Å²) in [5.74, 6) is 1.74. The molecule has 3 N–H and O–H groups in total. The van der Waals surface area contributed by atoms with Crippen LogP contribution in [0.4, 0.5) is 0 Å². The van der Waals surface area contributed by atoms with Crippen LogP contribution in [0, 0.1) is 5.92 Å². The van der Waals surface area contributed by atoms with Crippen molar-refractivity contribution in [1.29, 1.82) is 0 Å². The predicted molar refractivity (Wildman–Crippen MR) is 147 cm³/mol. The average molecular weight is 520 g/mol. The van der Waals surface area contributed by atoms with E-state index in [4.69, 9.17) is 0 Å². The maximum absolute atomic E-state index is 13.4. The molecule has 0 radical (unpaired) electrons. The molecule has 2 atom stereocenters. The second-order valence-corrected chi connectivity index (χ2v) is 10.9. The lowest BCUT2D eigenvalue weighted by Gasteiger charge is -2.37. The number of nitrogens with zero attached hydrogens (tertiary/aromatic N) is 4. The zero-order valence-corrected chi connectivity index (χ0v) is 23.0. The number of nitrogens with one attached hydrogen (secondary N) is 3. The van der Waals surface area contributed by atoms with Gasteiger partial charge >= 0.3 is 0 Å². The van der Waals surface area contributed by atoms with E-state index in [-0.39, 0.29) is 17.9 Å². The van der Waals surface area contributed by atoms with Crippen LogP contribution in [-0.4, -0.2) is 66.2 Å². The molecule has 9 nitrogen and oxygen atoms in total. The van der Waals surface area contributed by atoms with Gasteiger partial charge in [0.1, 0.15) is 11.6 Å². The molecule has 4 rings (SSSR count). The van der Waals surface area contributed by atoms with Crippen molar-refractivity contribution in [3.63, 3.8) is 0 Å². The standard InChI is InChI=1S/C29H41N7O2/c1-20(2)36(21(3)4)17-22-6-5-7-25(16-22)34-28(37)23-8-10-24(11-9-23)29(38)35(18-26-30-12-13-31-26)19-27-32-14-15-33-27/h8-15,20-22,25H,5-7,16-19H2,1-4H3,(H,30,31)(H,32,33)(H,34,37). The van der Waals surface area contributed by atoms with Gasteiger partial charge in [-0.15, -0.1) is 0 Å². The van der Waals surface area contributed by atoms with Gasteiger partial charge in [0.2, 0.25) is 0 Å². The van der Waals surface area contributed by atoms with Gasteiger partial charge in [0, 0.05) is 60.6 Å². The van der Waals surface area contributed by atoms with Crippen molar-refractivity contribution in [1.82, 2.24) is 35.1 Å². The van der Waals surface area contributed by atoms with E-state index in [1.165, 1.54) is 6.42 Å². The zero-order chi connectivity index (χ0) is 27.1. The van der Waals surface area contributed by atoms with E-state index < -0.39 is 0 Å². The van der Waals surface area contributed by atoms with E-state index in [0.717, 1.165) is 25.8 Å². The lowest BCUT2D eigenvalue weighted by atomic mass is 9.84. The number of carbonyl (C=O) groups is 2. The van der Waals surface area contributed by atoms with Gasteiger partial charge in [-0.2, -0.15) is 0 Å². The van der Waals surface area contributed by atoms with Gasteiger partial charge < -0.3 is 20.2 Å². The van der Waals surface area contributed by atoms with Gasteiger partial charge in [-0.25, -0.2) is 9.97 Å². The fraction of sp³-hybridized carbons (Fsp3) is 0.517. The Labute approximate surface area is 225 Å². The Morgan fingerprint density at radius 2 is 1.50 bits per heavy atom. The third-order valence-electron chi connectivity index (χ3n) is 7.39. The molecular weight excluding hydrogens is 478 g/mol. The van der Waals surface area contributed by atoms with Crippen LogP contribution in [0.15, 0.2) is 49.1 Å². The van der Waals surface area contributed by atoms with Crippen molar-refractivity contribution in [3.8, 4) is 0 Å². The molecule has 204 valence electrons. The largest absolute Gasteiger partial charge is 0.349 e. The molecule has 2 heterocycles. The lowest BCUT2D eigenvalue weighted by Crippen LogP contribution is -2.44. The van der Waals surface area contributed by atoms with Gasteiger partial charge in [0.25, 0.3) is 11.8 Å². The van der Waals surface area contributed by atoms with E-state index >= 15 is 0 Å². The molecule has 1 fully saturated rings. The van der Waals surface area contributed by atoms with E-state index in [1.807, 2.05) is 0 Å². The third kappa shape index (κ3) is 7.31. The number of imidazole rings is 2. The second kappa shape index (κ2) is 12.9. The number of H-pyrrole nitrogens is 2. The quantitative estimate of drug-likeness (QED) is 0.348. The molecule has 2 aromatic heterocycles. The number of carbonyl (C=O) groups excluding carboxylic acids is 2. The summed E-state index contributed by atoms with van der Waals surface area (Å²) in [4.78, 5) is 45.2. The molecule has 0 bridgehead atoms. The fourth-order valence-electron chi connectivity index (χ4n) is 5.45. The van der Waals surface area contributed by atoms with Gasteiger partial charge in [-0.1, -0.05) is 6.42 Å². The summed E-state index contributed by atoms with van der Waals surface area (Å²) in [5, 5.41) is 3.25. The molecule has 2 amide bonds. The Balaban J connectivity index is 1.37. The Bertz CT molecular complexity index is 1100. The van der Waals surface area contributed by atoms with Crippen LogP contribution in [0.3, 0.4) is 0 Å². The van der Waals surface area contributed by atoms with Crippen molar-refractivity contribution >= 4 is 11.8 Å². The molecule has 1 aromatic carbocycles. The fourth-order valence-corrected chi connectivity index (χ4v) is 5.45. The summed E-state index contributed by atoms with van der Waals surface area (Å²) in [5.41, 5.74) is 1.08. The number of hydrogen-bond donors (Lipinski definition) is 3. The van der Waals surface area contributed by atoms with E-state index in [9.17, 15) is 9.59 Å². The van der Waals surface area contributed by atoms with Gasteiger partial charge in [0.05, 0.1) is 13.1 Å². The summed E-state index contributed by atoms with van der Waals surface area (Å²) >= 11 is 0. The normalized spacial score (nSPS) is 17.8. The Morgan fingerprint density at radius 3 is 2.03 bits per heavy atom. The predicted octanol–water partition coefficient (Wildman–Crippen LogP) is 4.38. The molecular formula is C29H41N7O2. The summed E-state index contributed by atoms with van der Waals surface area (Å²) < 4.78 is 0. The van der Waals surface area contributed by atoms with Crippen LogP contribution in [0.25, 0.3) is 0 Å². The minimum atomic E-state index is -0.153. The molecule has 1 aliphatic rings. The van der Waals surface area contributed by atoms with Crippen LogP contribution in [-0.2, 0) is 13.1 Å². The minimum Gasteiger partial charge on any atom is -0.349 e. The van der Waals surface area contributed by atoms with E-state index in [2.05, 4.69) is 57.8 Å². The third-order valence-corrected chi connectivity index (χ3v) is 7.39. The number of hydrogen-bond acceptors (Lipinski definition) is 5. The minimum absolute atomic E-state index is 0.0812. The topological polar surface area (TPSA) is 110 Å². The Kier molecular flexibility index (Phi) is 9.33. The molecule has 3 aromatic rings. The molecule has 0 saturated heterocycles. The lowest BCUT2D eigenvalue weighted by molar-refractivity contribution is 0.0721. The highest BCUT2D eigenvalue weighted by atomic mass is 16.2. The van der Waals surface area contributed by atoms with Crippen LogP contribution in [0.2, 0.25) is 0 Å². The molecule has 9 heteroatoms. The number of aromatic amines is 2. The molecule has 2 unspecified atom stereocenters. The highest BCUT2D eigenvalue weighted by Crippen LogP contribution is 2.27. The average Bonchev–Trinajstić information content (AvgIpc) is 3.61. The first kappa shape index (κ1) is 27.6. The summed E-state index contributed by atoms with van der Waals surface area (Å²) in [6.07, 6.45) is 11.2. The van der Waals surface area contributed by atoms with Crippen molar-refractivity contribution in [2.45, 2.75) is 84.6 Å². The first-order valence-corrected chi connectivity index (χ1v) is 13.7. The van der Waals surface area contributed by atoms with E-state index in [0.29, 0.717) is 53.9 Å². The molecule has 0 spiro atoms. The molecule has 1 saturated carbocycles. The first-order valence-electron chi connectivity index (χ1n) is 13.7. The SMILES string of the molecule is CC(C)N(CC1CCCC(NC(=O)c2ccc(C(=O)N(Cc3ncc[nH]3)Cc3ncc[nH]3)cc2)C1)C(C)C. The number of benzene rings is 1. The maximum Gasteiger partial charge on any atom is 0.254 e. The second-order valence-electron chi connectivity index (χ2n) is 10.9. The highest BCUT2D eigenvalue weighted by Gasteiger charge is 2.27. The summed E-state index contributed by atoms with van der Waals surface area (Å²) in [6.45, 7) is 10.7. The molecule has 0 aliphatic heterocycles. The molecule has 38 heavy (non-hydrogen) atoms. The molecule has 1 aliphatic carbocycles. The smallest absolute Gasteiger partial charge is 0.254 e. The van der Waals surface area contributed by atoms with Crippen molar-refractivity contribution in [3.05, 3.63) is 71.8 Å². The van der Waals surface area contributed by atoms with Gasteiger partial charge in [-0.05, 0) is 77.1 Å². The van der Waals surface area contributed by atoms with Crippen LogP contribution < -0.4 is 5.32 Å². The van der Waals surface area contributed by atoms with Crippen LogP contribution in [0.1, 0.15) is 85.7 Å². The van der Waals surface area contributed by atoms with Crippen molar-refractivity contribution in [2.75, 3.05) is 6.54 Å². The Hall–Kier alpha value is -3.46. The van der Waals surface area contributed by atoms with Crippen LogP contribution in [0.5, 0.6) is 0 Å². The van der Waals surface area contributed by atoms with E-state index in [1.54, 1.807) is 54.0 Å². The number of aromatic nitrogens is 4. The number of amides is 2. The monoisotopic (exact) mass is 519 g/mol. The first-order chi connectivity index (χ1) is 18.3. The van der Waals surface area contributed by atoms with Gasteiger partial charge in [0.15, 0.2) is 0 Å². The maximum atomic E-state index is 13.4. The van der Waals surface area contributed by atoms with Gasteiger partial charge in [-0.3, -0.25) is 14.5 Å². The number of rotatable bonds is 11. The Morgan fingerprint density at radius 1 is 0.921 bits per heavy atom. The van der Waals surface area contributed by atoms with Crippen molar-refractivity contribution in [2.24, 2.45) is 5.92 Å². The van der Waals surface area contributed by atoms with Crippen LogP contribution >= 0.6 is 0 Å². The summed E-state index contributed by atoms with van der Waals surface area (Å²) in [6, 6.07) is 8.13. The summed E-state index contributed by atoms with van der Waals surface area (Å²) in [7, 11) is 0.